The van der Waals surface area contributed by atoms with Crippen LogP contribution in [0.15, 0.2) is 103 Å². The second-order valence-corrected chi connectivity index (χ2v) is 15.9. The molecular formula is C41H47N5O7S. The Balaban J connectivity index is 1.13. The number of alkyl carbamates (subject to hydrolysis) is 1. The van der Waals surface area contributed by atoms with E-state index < -0.39 is 39.8 Å². The van der Waals surface area contributed by atoms with Gasteiger partial charge in [0.1, 0.15) is 18.7 Å². The van der Waals surface area contributed by atoms with Crippen molar-refractivity contribution in [2.45, 2.75) is 43.9 Å². The van der Waals surface area contributed by atoms with Crippen molar-refractivity contribution < 1.29 is 32.3 Å². The van der Waals surface area contributed by atoms with Crippen molar-refractivity contribution in [1.82, 2.24) is 10.6 Å². The smallest absolute Gasteiger partial charge is 0.407 e. The van der Waals surface area contributed by atoms with Crippen LogP contribution in [0.1, 0.15) is 41.9 Å². The number of unbranched alkanes of at least 4 members (excludes halogenated alkanes) is 1. The molecule has 2 aliphatic rings. The molecule has 5 N–H and O–H groups in total. The van der Waals surface area contributed by atoms with E-state index in [1.807, 2.05) is 77.7 Å². The van der Waals surface area contributed by atoms with Crippen LogP contribution in [0.4, 0.5) is 16.2 Å². The van der Waals surface area contributed by atoms with Gasteiger partial charge in [0, 0.05) is 30.4 Å². The normalized spacial score (nSPS) is 15.7. The summed E-state index contributed by atoms with van der Waals surface area (Å²) in [5.74, 6) is -1.07. The largest absolute Gasteiger partial charge is 0.449 e. The van der Waals surface area contributed by atoms with E-state index in [4.69, 9.17) is 15.2 Å². The van der Waals surface area contributed by atoms with Crippen LogP contribution in [0, 0.1) is 0 Å². The zero-order valence-corrected chi connectivity index (χ0v) is 30.9. The molecule has 0 saturated carbocycles. The van der Waals surface area contributed by atoms with Gasteiger partial charge in [-0.3, -0.25) is 9.59 Å². The summed E-state index contributed by atoms with van der Waals surface area (Å²) in [7, 11) is -3.05. The highest BCUT2D eigenvalue weighted by Crippen LogP contribution is 2.44. The van der Waals surface area contributed by atoms with E-state index in [-0.39, 0.29) is 37.2 Å². The van der Waals surface area contributed by atoms with Crippen molar-refractivity contribution in [2.75, 3.05) is 54.6 Å². The van der Waals surface area contributed by atoms with Crippen LogP contribution < -0.4 is 26.6 Å². The fourth-order valence-electron chi connectivity index (χ4n) is 6.85. The van der Waals surface area contributed by atoms with Gasteiger partial charge in [0.05, 0.1) is 24.7 Å². The molecule has 4 aromatic rings. The summed E-state index contributed by atoms with van der Waals surface area (Å²) in [4.78, 5) is 42.9. The molecule has 1 aliphatic heterocycles. The Morgan fingerprint density at radius 2 is 1.44 bits per heavy atom. The number of fused-ring (bicyclic) bond motifs is 3. The molecule has 0 unspecified atom stereocenters. The topological polar surface area (TPSA) is 169 Å². The van der Waals surface area contributed by atoms with Gasteiger partial charge < -0.3 is 36.1 Å². The van der Waals surface area contributed by atoms with Crippen molar-refractivity contribution in [2.24, 2.45) is 5.73 Å². The number of rotatable bonds is 16. The van der Waals surface area contributed by atoms with Crippen LogP contribution in [-0.4, -0.2) is 82.8 Å². The third kappa shape index (κ3) is 10.0. The van der Waals surface area contributed by atoms with Crippen LogP contribution in [0.5, 0.6) is 0 Å². The fraction of sp³-hybridized carbons (Fsp3) is 0.341. The Kier molecular flexibility index (Phi) is 13.0. The number of carbonyl (C=O) groups is 3. The minimum Gasteiger partial charge on any atom is -0.449 e. The van der Waals surface area contributed by atoms with Crippen LogP contribution in [0.2, 0.25) is 0 Å². The zero-order valence-electron chi connectivity index (χ0n) is 30.1. The summed E-state index contributed by atoms with van der Waals surface area (Å²) in [6.07, 6.45) is 0.744. The lowest BCUT2D eigenvalue weighted by Crippen LogP contribution is -2.54. The molecule has 1 fully saturated rings. The number of ether oxygens (including phenoxy) is 2. The number of nitrogens with zero attached hydrogens (tertiary/aromatic N) is 1. The summed E-state index contributed by atoms with van der Waals surface area (Å²) in [5.41, 5.74) is 12.2. The molecule has 4 aromatic carbocycles. The Labute approximate surface area is 316 Å². The van der Waals surface area contributed by atoms with E-state index in [0.29, 0.717) is 44.6 Å². The third-order valence-electron chi connectivity index (χ3n) is 9.75. The number of nitrogens with one attached hydrogen (secondary N) is 3. The maximum atomic E-state index is 13.9. The van der Waals surface area contributed by atoms with Crippen LogP contribution in [0.3, 0.4) is 0 Å². The van der Waals surface area contributed by atoms with Gasteiger partial charge in [-0.15, -0.1) is 0 Å². The molecule has 54 heavy (non-hydrogen) atoms. The van der Waals surface area contributed by atoms with Gasteiger partial charge in [-0.2, -0.15) is 0 Å². The summed E-state index contributed by atoms with van der Waals surface area (Å²) < 4.78 is 35.5. The molecule has 284 valence electrons. The summed E-state index contributed by atoms with van der Waals surface area (Å²) in [6.45, 7) is 1.25. The molecule has 0 aromatic heterocycles. The molecular weight excluding hydrogens is 707 g/mol. The van der Waals surface area contributed by atoms with Crippen molar-refractivity contribution in [3.05, 3.63) is 120 Å². The number of amides is 3. The summed E-state index contributed by atoms with van der Waals surface area (Å²) in [6, 6.07) is 30.6. The molecule has 1 saturated heterocycles. The van der Waals surface area contributed by atoms with Gasteiger partial charge in [0.25, 0.3) is 0 Å². The average Bonchev–Trinajstić information content (AvgIpc) is 3.50. The Morgan fingerprint density at radius 3 is 2.13 bits per heavy atom. The quantitative estimate of drug-likeness (QED) is 0.120. The van der Waals surface area contributed by atoms with Gasteiger partial charge in [-0.1, -0.05) is 84.9 Å². The Morgan fingerprint density at radius 1 is 0.778 bits per heavy atom. The number of nitrogens with two attached hydrogens (primary N) is 1. The van der Waals surface area contributed by atoms with Crippen LogP contribution in [-0.2, 0) is 35.5 Å². The molecule has 6 rings (SSSR count). The Bertz CT molecular complexity index is 1970. The molecule has 13 heteroatoms. The predicted molar refractivity (Wildman–Crippen MR) is 209 cm³/mol. The van der Waals surface area contributed by atoms with E-state index in [0.717, 1.165) is 33.5 Å². The van der Waals surface area contributed by atoms with Gasteiger partial charge >= 0.3 is 6.09 Å². The number of carbonyl (C=O) groups excluding carboxylic acids is 3. The minimum atomic E-state index is -3.05. The average molecular weight is 754 g/mol. The first-order valence-electron chi connectivity index (χ1n) is 18.3. The zero-order chi connectivity index (χ0) is 37.9. The second kappa shape index (κ2) is 18.2. The van der Waals surface area contributed by atoms with E-state index in [9.17, 15) is 22.8 Å². The first-order chi connectivity index (χ1) is 26.2. The van der Waals surface area contributed by atoms with Gasteiger partial charge in [-0.25, -0.2) is 13.2 Å². The van der Waals surface area contributed by atoms with E-state index in [1.54, 1.807) is 18.2 Å². The maximum absolute atomic E-state index is 13.9. The van der Waals surface area contributed by atoms with Crippen LogP contribution >= 0.6 is 0 Å². The van der Waals surface area contributed by atoms with Gasteiger partial charge in [0.15, 0.2) is 9.84 Å². The second-order valence-electron chi connectivity index (χ2n) is 13.5. The standard InChI is InChI=1S/C41H47N5O7S/c42-20-9-8-19-37(39(47)43-30-13-10-14-31(25-30)46-21-23-54(50,51)24-22-46)44-40(48)38(28-52-26-29-11-2-1-3-12-29)45-41(49)53-27-36-34-17-6-4-15-32(34)33-16-5-7-18-35(33)36/h1-7,10-18,25,36-38H,8-9,19-24,26-28,42H2,(H,43,47)(H,44,48)(H,45,49)/t37-,38-/m0/s1. The molecule has 12 nitrogen and oxygen atoms in total. The van der Waals surface area contributed by atoms with E-state index in [1.165, 1.54) is 0 Å². The van der Waals surface area contributed by atoms with E-state index >= 15 is 0 Å². The van der Waals surface area contributed by atoms with Gasteiger partial charge in [0.2, 0.25) is 11.8 Å². The SMILES string of the molecule is NCCCC[C@H](NC(=O)[C@H](COCc1ccccc1)NC(=O)OCC1c2ccccc2-c2ccccc21)C(=O)Nc1cccc(N2CCS(=O)(=O)CC2)c1. The molecule has 1 heterocycles. The lowest BCUT2D eigenvalue weighted by Gasteiger charge is -2.29. The first kappa shape index (κ1) is 38.5. The molecule has 3 amide bonds. The maximum Gasteiger partial charge on any atom is 0.407 e. The molecule has 0 spiro atoms. The molecule has 0 bridgehead atoms. The summed E-state index contributed by atoms with van der Waals surface area (Å²) in [5, 5.41) is 8.44. The molecule has 2 atom stereocenters. The number of hydrogen-bond donors (Lipinski definition) is 4. The van der Waals surface area contributed by atoms with Crippen molar-refractivity contribution >= 4 is 39.1 Å². The highest BCUT2D eigenvalue weighted by atomic mass is 32.2. The number of benzene rings is 4. The molecule has 1 aliphatic carbocycles. The number of sulfone groups is 1. The van der Waals surface area contributed by atoms with Crippen LogP contribution in [0.25, 0.3) is 11.1 Å². The fourth-order valence-corrected chi connectivity index (χ4v) is 8.05. The third-order valence-corrected chi connectivity index (χ3v) is 11.4. The van der Waals surface area contributed by atoms with E-state index in [2.05, 4.69) is 28.1 Å². The lowest BCUT2D eigenvalue weighted by molar-refractivity contribution is -0.129. The van der Waals surface area contributed by atoms with Crippen molar-refractivity contribution in [1.29, 1.82) is 0 Å². The number of anilines is 2. The Hall–Kier alpha value is -5.24. The monoisotopic (exact) mass is 753 g/mol. The summed E-state index contributed by atoms with van der Waals surface area (Å²) >= 11 is 0. The van der Waals surface area contributed by atoms with Crippen molar-refractivity contribution in [3.63, 3.8) is 0 Å². The highest BCUT2D eigenvalue weighted by Gasteiger charge is 2.31. The van der Waals surface area contributed by atoms with Crippen molar-refractivity contribution in [3.8, 4) is 11.1 Å². The highest BCUT2D eigenvalue weighted by molar-refractivity contribution is 7.91. The number of hydrogen-bond acceptors (Lipinski definition) is 9. The first-order valence-corrected chi connectivity index (χ1v) is 20.1. The molecule has 0 radical (unpaired) electrons. The predicted octanol–water partition coefficient (Wildman–Crippen LogP) is 4.60. The lowest BCUT2D eigenvalue weighted by atomic mass is 9.98. The van der Waals surface area contributed by atoms with Gasteiger partial charge in [-0.05, 0) is 71.8 Å². The minimum absolute atomic E-state index is 0.0650.